The number of hydrogen-bond donors (Lipinski definition) is 3. The van der Waals surface area contributed by atoms with Crippen molar-refractivity contribution in [2.24, 2.45) is 13.0 Å². The number of amides is 2. The Bertz CT molecular complexity index is 3000. The highest BCUT2D eigenvalue weighted by Gasteiger charge is 2.36. The highest BCUT2D eigenvalue weighted by atomic mass is 19.1. The van der Waals surface area contributed by atoms with E-state index in [1.165, 1.54) is 30.5 Å². The number of likely N-dealkylation sites (tertiary alicyclic amines) is 2. The van der Waals surface area contributed by atoms with Gasteiger partial charge < -0.3 is 24.7 Å². The third kappa shape index (κ3) is 8.95. The number of rotatable bonds is 10. The largest absolute Gasteiger partial charge is 0.508 e. The number of carbonyl (C=O) groups is 2. The number of aliphatic hydroxyl groups is 1. The van der Waals surface area contributed by atoms with Gasteiger partial charge in [0.25, 0.3) is 0 Å². The molecule has 7 heterocycles. The lowest BCUT2D eigenvalue weighted by atomic mass is 9.83. The number of phenols is 1. The number of β-amino-alcohol motifs (C(OH)–C–C–N with tert-alkyl or cyclic N) is 1. The predicted molar refractivity (Wildman–Crippen MR) is 264 cm³/mol. The Morgan fingerprint density at radius 1 is 0.929 bits per heavy atom. The third-order valence-corrected chi connectivity index (χ3v) is 16.2. The Balaban J connectivity index is 0.735. The smallest absolute Gasteiger partial charge is 0.319 e. The number of ether oxygens (including phenoxy) is 1. The van der Waals surface area contributed by atoms with Gasteiger partial charge >= 0.3 is 6.01 Å². The van der Waals surface area contributed by atoms with Gasteiger partial charge in [-0.25, -0.2) is 8.78 Å². The zero-order valence-electron chi connectivity index (χ0n) is 40.4. The van der Waals surface area contributed by atoms with Crippen molar-refractivity contribution < 1.29 is 33.3 Å². The van der Waals surface area contributed by atoms with Crippen LogP contribution in [-0.4, -0.2) is 120 Å². The Morgan fingerprint density at radius 3 is 2.51 bits per heavy atom. The number of phenolic OH excluding ortho intramolecular Hbond substituents is 1. The molecule has 70 heavy (non-hydrogen) atoms. The maximum absolute atomic E-state index is 17.2. The molecule has 0 spiro atoms. The minimum atomic E-state index is -0.960. The number of aryl methyl sites for hydroxylation is 2. The fraction of sp³-hybridized carbons (Fsp3) is 0.519. The second-order valence-electron chi connectivity index (χ2n) is 21.1. The summed E-state index contributed by atoms with van der Waals surface area (Å²) in [6.45, 7) is 9.46. The molecule has 3 aromatic carbocycles. The van der Waals surface area contributed by atoms with Gasteiger partial charge in [0.05, 0.1) is 28.1 Å². The summed E-state index contributed by atoms with van der Waals surface area (Å²) in [5.41, 5.74) is 2.81. The van der Waals surface area contributed by atoms with E-state index in [0.717, 1.165) is 87.8 Å². The molecule has 5 fully saturated rings. The molecule has 2 unspecified atom stereocenters. The summed E-state index contributed by atoms with van der Waals surface area (Å²) >= 11 is 0. The van der Waals surface area contributed by atoms with Crippen molar-refractivity contribution in [3.63, 3.8) is 0 Å². The van der Waals surface area contributed by atoms with E-state index in [1.807, 2.05) is 23.6 Å². The lowest BCUT2D eigenvalue weighted by Gasteiger charge is -2.38. The van der Waals surface area contributed by atoms with Crippen LogP contribution < -0.4 is 15.0 Å². The van der Waals surface area contributed by atoms with Gasteiger partial charge in [0.2, 0.25) is 11.8 Å². The lowest BCUT2D eigenvalue weighted by Crippen LogP contribution is -2.46. The van der Waals surface area contributed by atoms with Crippen molar-refractivity contribution in [3.8, 4) is 23.0 Å². The van der Waals surface area contributed by atoms with Gasteiger partial charge in [0.1, 0.15) is 34.7 Å². The number of hydrogen-bond acceptors (Lipinski definition) is 12. The van der Waals surface area contributed by atoms with Gasteiger partial charge in [-0.15, -0.1) is 0 Å². The first-order chi connectivity index (χ1) is 33.8. The van der Waals surface area contributed by atoms with Gasteiger partial charge in [-0.1, -0.05) is 25.1 Å². The Kier molecular flexibility index (Phi) is 12.4. The van der Waals surface area contributed by atoms with E-state index in [2.05, 4.69) is 38.3 Å². The van der Waals surface area contributed by atoms with E-state index >= 15 is 8.78 Å². The van der Waals surface area contributed by atoms with Crippen LogP contribution in [0.3, 0.4) is 0 Å². The minimum Gasteiger partial charge on any atom is -0.508 e. The molecule has 0 bridgehead atoms. The number of benzene rings is 3. The molecule has 11 rings (SSSR count). The summed E-state index contributed by atoms with van der Waals surface area (Å²) in [6.07, 6.45) is 11.6. The van der Waals surface area contributed by atoms with Crippen molar-refractivity contribution in [2.45, 2.75) is 120 Å². The zero-order valence-corrected chi connectivity index (χ0v) is 40.4. The van der Waals surface area contributed by atoms with Gasteiger partial charge in [0.15, 0.2) is 5.82 Å². The van der Waals surface area contributed by atoms with Gasteiger partial charge in [-0.3, -0.25) is 29.5 Å². The van der Waals surface area contributed by atoms with E-state index < -0.39 is 23.2 Å². The normalized spacial score (nSPS) is 25.4. The number of fused-ring (bicyclic) bond motifs is 3. The van der Waals surface area contributed by atoms with Crippen LogP contribution in [0.25, 0.3) is 43.8 Å². The number of carbonyl (C=O) groups excluding carboxylic acids is 2. The van der Waals surface area contributed by atoms with E-state index in [9.17, 15) is 19.8 Å². The second-order valence-corrected chi connectivity index (χ2v) is 21.1. The molecule has 6 aromatic rings. The highest BCUT2D eigenvalue weighted by molar-refractivity contribution is 6.03. The van der Waals surface area contributed by atoms with Crippen LogP contribution in [0.5, 0.6) is 11.8 Å². The number of halogens is 2. The summed E-state index contributed by atoms with van der Waals surface area (Å²) < 4.78 is 40.8. The fourth-order valence-corrected chi connectivity index (χ4v) is 12.5. The molecule has 3 atom stereocenters. The number of aromatic nitrogens is 5. The predicted octanol–water partition coefficient (Wildman–Crippen LogP) is 8.04. The summed E-state index contributed by atoms with van der Waals surface area (Å²) in [5, 5.41) is 31.5. The molecule has 3 N–H and O–H groups in total. The first kappa shape index (κ1) is 46.5. The summed E-state index contributed by atoms with van der Waals surface area (Å²) in [5.74, 6) is -0.496. The van der Waals surface area contributed by atoms with Crippen LogP contribution in [-0.2, 0) is 23.1 Å². The molecule has 4 aliphatic heterocycles. The number of nitrogens with zero attached hydrogens (tertiary/aromatic N) is 8. The second kappa shape index (κ2) is 18.7. The summed E-state index contributed by atoms with van der Waals surface area (Å²) in [7, 11) is 1.93. The molecule has 1 saturated carbocycles. The van der Waals surface area contributed by atoms with Crippen LogP contribution in [0, 0.1) is 17.6 Å². The monoisotopic (exact) mass is 955 g/mol. The highest BCUT2D eigenvalue weighted by Crippen LogP contribution is 2.41. The van der Waals surface area contributed by atoms with Crippen molar-refractivity contribution >= 4 is 50.2 Å². The minimum absolute atomic E-state index is 0.0202. The van der Waals surface area contributed by atoms with Crippen molar-refractivity contribution in [1.82, 2.24) is 39.8 Å². The molecule has 0 radical (unpaired) electrons. The Morgan fingerprint density at radius 2 is 1.74 bits per heavy atom. The molecule has 3 aromatic heterocycles. The summed E-state index contributed by atoms with van der Waals surface area (Å²) in [6, 6.07) is 13.0. The summed E-state index contributed by atoms with van der Waals surface area (Å²) in [4.78, 5) is 45.8. The van der Waals surface area contributed by atoms with E-state index in [4.69, 9.17) is 19.8 Å². The molecule has 14 nitrogen and oxygen atoms in total. The van der Waals surface area contributed by atoms with Crippen LogP contribution in [0.2, 0.25) is 0 Å². The molecule has 368 valence electrons. The topological polar surface area (TPSA) is 162 Å². The van der Waals surface area contributed by atoms with Crippen LogP contribution >= 0.6 is 0 Å². The maximum atomic E-state index is 17.2. The van der Waals surface area contributed by atoms with E-state index in [-0.39, 0.29) is 46.5 Å². The molecule has 2 amide bonds. The quantitative estimate of drug-likeness (QED) is 0.114. The SMILES string of the molecule is CCc1c(F)ccc2cc(O)cc(-c3ncc4c(N5CCC[C@@](C)(O)C5)nc(OC5CCN(C6CCC(CN7CCC(c8ccc9c(C%10CCC(=O)NC%10=O)nn(C)c9c8)CC7)CC6)C5)nc4c3F)c12. The number of piperidine rings is 3. The zero-order chi connectivity index (χ0) is 48.4. The Hall–Kier alpha value is -5.84. The standard InChI is InChI=1S/C54H63F2N9O5/c1-4-38-43(55)14-9-34-24-36(66)26-41(46(34)38)49-47(56)50-42(27-57-49)51(65-20-5-19-54(2,69)30-65)60-53(59-50)70-37-18-23-64(29-37)35-10-6-31(7-11-35)28-63-21-16-32(17-22-63)33-8-12-39-44(25-33)62(3)61-48(39)40-13-15-45(67)58-52(40)68/h8-9,12,14,24-27,31-32,35,37,40,66,69H,4-7,10-11,13,15-23,28-30H2,1-3H3,(H,58,67,68)/t31?,35?,37?,40?,54-/m1/s1. The fourth-order valence-electron chi connectivity index (χ4n) is 12.5. The van der Waals surface area contributed by atoms with Crippen molar-refractivity contribution in [1.29, 1.82) is 0 Å². The van der Waals surface area contributed by atoms with E-state index in [0.29, 0.717) is 84.2 Å². The lowest BCUT2D eigenvalue weighted by molar-refractivity contribution is -0.134. The molecular weight excluding hydrogens is 893 g/mol. The Labute approximate surface area is 406 Å². The number of pyridine rings is 1. The van der Waals surface area contributed by atoms with Gasteiger partial charge in [-0.2, -0.15) is 15.1 Å². The molecule has 16 heteroatoms. The third-order valence-electron chi connectivity index (χ3n) is 16.2. The number of nitrogens with one attached hydrogen (secondary N) is 1. The van der Waals surface area contributed by atoms with Crippen molar-refractivity contribution in [2.75, 3.05) is 50.7 Å². The molecule has 1 aliphatic carbocycles. The number of imide groups is 1. The first-order valence-corrected chi connectivity index (χ1v) is 25.5. The maximum Gasteiger partial charge on any atom is 0.319 e. The molecule has 5 aliphatic rings. The van der Waals surface area contributed by atoms with Crippen molar-refractivity contribution in [3.05, 3.63) is 77.1 Å². The average molecular weight is 956 g/mol. The van der Waals surface area contributed by atoms with Gasteiger partial charge in [-0.05, 0) is 149 Å². The van der Waals surface area contributed by atoms with Crippen LogP contribution in [0.4, 0.5) is 14.6 Å². The first-order valence-electron chi connectivity index (χ1n) is 25.5. The average Bonchev–Trinajstić information content (AvgIpc) is 3.95. The number of aromatic hydroxyl groups is 1. The molecular formula is C54H63F2N9O5. The van der Waals surface area contributed by atoms with E-state index in [1.54, 1.807) is 25.3 Å². The molecule has 4 saturated heterocycles. The van der Waals surface area contributed by atoms with Crippen LogP contribution in [0.15, 0.2) is 48.7 Å². The van der Waals surface area contributed by atoms with Crippen LogP contribution in [0.1, 0.15) is 113 Å². The van der Waals surface area contributed by atoms with Gasteiger partial charge in [0, 0.05) is 69.4 Å². The number of anilines is 1.